The molecule has 1 saturated carbocycles. The molecule has 1 amide bonds. The molecule has 0 bridgehead atoms. The first-order chi connectivity index (χ1) is 13.2. The van der Waals surface area contributed by atoms with Crippen LogP contribution in [0, 0.1) is 5.92 Å². The fourth-order valence-electron chi connectivity index (χ4n) is 3.65. The monoisotopic (exact) mass is 423 g/mol. The molecule has 152 valence electrons. The molecule has 2 aromatic rings. The van der Waals surface area contributed by atoms with E-state index in [4.69, 9.17) is 11.6 Å². The molecule has 6 nitrogen and oxygen atoms in total. The molecule has 0 atom stereocenters. The van der Waals surface area contributed by atoms with Crippen molar-refractivity contribution in [2.45, 2.75) is 38.5 Å². The van der Waals surface area contributed by atoms with E-state index in [0.717, 1.165) is 63.4 Å². The van der Waals surface area contributed by atoms with Crippen molar-refractivity contribution in [1.29, 1.82) is 0 Å². The molecule has 1 aliphatic carbocycles. The van der Waals surface area contributed by atoms with Gasteiger partial charge in [-0.1, -0.05) is 30.7 Å². The number of rotatable bonds is 6. The van der Waals surface area contributed by atoms with Gasteiger partial charge in [0.1, 0.15) is 5.82 Å². The summed E-state index contributed by atoms with van der Waals surface area (Å²) in [4.78, 5) is 19.5. The normalized spacial score (nSPS) is 17.4. The van der Waals surface area contributed by atoms with Gasteiger partial charge in [0.05, 0.1) is 10.7 Å². The van der Waals surface area contributed by atoms with Gasteiger partial charge in [-0.3, -0.25) is 4.79 Å². The smallest absolute Gasteiger partial charge is 0.293 e. The number of hydrogen-bond donors (Lipinski definition) is 1. The molecule has 2 aliphatic rings. The number of para-hydroxylation sites is 1. The predicted octanol–water partition coefficient (Wildman–Crippen LogP) is 3.68. The van der Waals surface area contributed by atoms with E-state index in [1.165, 1.54) is 0 Å². The second-order valence-corrected chi connectivity index (χ2v) is 7.88. The Morgan fingerprint density at radius 1 is 1.21 bits per heavy atom. The number of nitrogens with one attached hydrogen (secondary N) is 1. The highest BCUT2D eigenvalue weighted by Gasteiger charge is 2.33. The number of benzene rings is 1. The van der Waals surface area contributed by atoms with Crippen LogP contribution in [0.25, 0.3) is 5.69 Å². The van der Waals surface area contributed by atoms with Crippen molar-refractivity contribution < 1.29 is 4.79 Å². The Kier molecular flexibility index (Phi) is 6.96. The summed E-state index contributed by atoms with van der Waals surface area (Å²) in [5.41, 5.74) is 0.789. The van der Waals surface area contributed by atoms with Gasteiger partial charge in [0.25, 0.3) is 5.91 Å². The summed E-state index contributed by atoms with van der Waals surface area (Å²) in [5, 5.41) is 8.59. The maximum absolute atomic E-state index is 13.0. The second-order valence-electron chi connectivity index (χ2n) is 7.47. The van der Waals surface area contributed by atoms with Gasteiger partial charge in [-0.25, -0.2) is 9.67 Å². The van der Waals surface area contributed by atoms with Crippen LogP contribution in [0.1, 0.15) is 55.0 Å². The molecule has 4 rings (SSSR count). The van der Waals surface area contributed by atoms with Crippen molar-refractivity contribution in [3.8, 4) is 5.69 Å². The molecule has 2 heterocycles. The molecule has 0 radical (unpaired) electrons. The summed E-state index contributed by atoms with van der Waals surface area (Å²) in [6, 6.07) is 7.58. The van der Waals surface area contributed by atoms with E-state index in [9.17, 15) is 4.79 Å². The zero-order valence-corrected chi connectivity index (χ0v) is 17.7. The van der Waals surface area contributed by atoms with E-state index in [1.807, 2.05) is 29.2 Å². The molecular formula is C20H27Cl2N5O. The zero-order valence-electron chi connectivity index (χ0n) is 16.1. The first-order valence-corrected chi connectivity index (χ1v) is 10.3. The molecule has 28 heavy (non-hydrogen) atoms. The number of nitrogens with zero attached hydrogens (tertiary/aromatic N) is 4. The van der Waals surface area contributed by atoms with Crippen LogP contribution in [0.4, 0.5) is 0 Å². The summed E-state index contributed by atoms with van der Waals surface area (Å²) in [7, 11) is 0. The molecular weight excluding hydrogens is 397 g/mol. The van der Waals surface area contributed by atoms with E-state index in [2.05, 4.69) is 22.3 Å². The molecule has 0 unspecified atom stereocenters. The number of likely N-dealkylation sites (tertiary alicyclic amines) is 1. The first kappa shape index (κ1) is 21.1. The van der Waals surface area contributed by atoms with Gasteiger partial charge in [-0.05, 0) is 56.8 Å². The standard InChI is InChI=1S/C20H26ClN5O.ClH/c1-2-22-13-14-9-11-25(12-10-14)20(27)18-23-19(15-7-8-15)26(24-18)17-6-4-3-5-16(17)21;/h3-6,14-15,22H,2,7-13H2,1H3;1H. The Hall–Kier alpha value is -1.63. The lowest BCUT2D eigenvalue weighted by Gasteiger charge is -2.31. The molecule has 0 spiro atoms. The lowest BCUT2D eigenvalue weighted by Crippen LogP contribution is -2.41. The highest BCUT2D eigenvalue weighted by atomic mass is 35.5. The van der Waals surface area contributed by atoms with Crippen LogP contribution >= 0.6 is 24.0 Å². The summed E-state index contributed by atoms with van der Waals surface area (Å²) in [5.74, 6) is 2.10. The maximum Gasteiger partial charge on any atom is 0.293 e. The van der Waals surface area contributed by atoms with Gasteiger partial charge >= 0.3 is 0 Å². The lowest BCUT2D eigenvalue weighted by atomic mass is 9.97. The first-order valence-electron chi connectivity index (χ1n) is 9.89. The third-order valence-electron chi connectivity index (χ3n) is 5.43. The van der Waals surface area contributed by atoms with Gasteiger partial charge in [0, 0.05) is 19.0 Å². The summed E-state index contributed by atoms with van der Waals surface area (Å²) < 4.78 is 1.77. The van der Waals surface area contributed by atoms with Crippen LogP contribution in [-0.2, 0) is 0 Å². The number of amides is 1. The SMILES string of the molecule is CCNCC1CCN(C(=O)c2nc(C3CC3)n(-c3ccccc3Cl)n2)CC1.Cl. The van der Waals surface area contributed by atoms with Crippen molar-refractivity contribution in [2.75, 3.05) is 26.2 Å². The fraction of sp³-hybridized carbons (Fsp3) is 0.550. The highest BCUT2D eigenvalue weighted by Crippen LogP contribution is 2.40. The summed E-state index contributed by atoms with van der Waals surface area (Å²) >= 11 is 6.36. The quantitative estimate of drug-likeness (QED) is 0.769. The van der Waals surface area contributed by atoms with Crippen LogP contribution in [0.5, 0.6) is 0 Å². The van der Waals surface area contributed by atoms with Gasteiger partial charge in [-0.2, -0.15) is 0 Å². The minimum atomic E-state index is -0.0652. The average molecular weight is 424 g/mol. The lowest BCUT2D eigenvalue weighted by molar-refractivity contribution is 0.0678. The maximum atomic E-state index is 13.0. The largest absolute Gasteiger partial charge is 0.336 e. The van der Waals surface area contributed by atoms with Gasteiger partial charge in [-0.15, -0.1) is 17.5 Å². The molecule has 1 aromatic heterocycles. The van der Waals surface area contributed by atoms with Gasteiger partial charge < -0.3 is 10.2 Å². The van der Waals surface area contributed by atoms with E-state index >= 15 is 0 Å². The van der Waals surface area contributed by atoms with E-state index in [1.54, 1.807) is 4.68 Å². The van der Waals surface area contributed by atoms with E-state index in [0.29, 0.717) is 22.7 Å². The number of piperidine rings is 1. The van der Waals surface area contributed by atoms with Crippen LogP contribution in [0.15, 0.2) is 24.3 Å². The Balaban J connectivity index is 0.00000225. The van der Waals surface area contributed by atoms with Gasteiger partial charge in [0.2, 0.25) is 5.82 Å². The minimum absolute atomic E-state index is 0. The van der Waals surface area contributed by atoms with E-state index < -0.39 is 0 Å². The fourth-order valence-corrected chi connectivity index (χ4v) is 3.87. The minimum Gasteiger partial charge on any atom is -0.336 e. The Morgan fingerprint density at radius 3 is 2.57 bits per heavy atom. The van der Waals surface area contributed by atoms with Gasteiger partial charge in [0.15, 0.2) is 0 Å². The molecule has 8 heteroatoms. The van der Waals surface area contributed by atoms with Crippen molar-refractivity contribution in [2.24, 2.45) is 5.92 Å². The average Bonchev–Trinajstić information content (AvgIpc) is 3.45. The van der Waals surface area contributed by atoms with Crippen LogP contribution in [-0.4, -0.2) is 51.8 Å². The van der Waals surface area contributed by atoms with Crippen molar-refractivity contribution in [1.82, 2.24) is 25.0 Å². The van der Waals surface area contributed by atoms with Crippen LogP contribution in [0.3, 0.4) is 0 Å². The molecule has 1 N–H and O–H groups in total. The predicted molar refractivity (Wildman–Crippen MR) is 113 cm³/mol. The van der Waals surface area contributed by atoms with Crippen molar-refractivity contribution in [3.05, 3.63) is 40.9 Å². The summed E-state index contributed by atoms with van der Waals surface area (Å²) in [6.07, 6.45) is 4.23. The molecule has 1 saturated heterocycles. The Morgan fingerprint density at radius 2 is 1.93 bits per heavy atom. The number of aromatic nitrogens is 3. The highest BCUT2D eigenvalue weighted by molar-refractivity contribution is 6.32. The zero-order chi connectivity index (χ0) is 18.8. The Bertz CT molecular complexity index is 813. The topological polar surface area (TPSA) is 63.1 Å². The van der Waals surface area contributed by atoms with Crippen molar-refractivity contribution in [3.63, 3.8) is 0 Å². The number of carbonyl (C=O) groups excluding carboxylic acids is 1. The summed E-state index contributed by atoms with van der Waals surface area (Å²) in [6.45, 7) is 5.69. The number of halogens is 2. The Labute approximate surface area is 177 Å². The van der Waals surface area contributed by atoms with E-state index in [-0.39, 0.29) is 18.3 Å². The molecule has 1 aliphatic heterocycles. The van der Waals surface area contributed by atoms with Crippen LogP contribution in [0.2, 0.25) is 5.02 Å². The van der Waals surface area contributed by atoms with Crippen molar-refractivity contribution >= 4 is 29.9 Å². The number of carbonyl (C=O) groups is 1. The number of hydrogen-bond acceptors (Lipinski definition) is 4. The second kappa shape index (κ2) is 9.25. The van der Waals surface area contributed by atoms with Crippen LogP contribution < -0.4 is 5.32 Å². The third kappa shape index (κ3) is 4.50. The molecule has 1 aromatic carbocycles. The third-order valence-corrected chi connectivity index (χ3v) is 5.75. The molecule has 2 fully saturated rings.